The van der Waals surface area contributed by atoms with Crippen LogP contribution in [0.3, 0.4) is 0 Å². The normalized spacial score (nSPS) is 20.0. The molecule has 0 spiro atoms. The molecule has 0 aliphatic carbocycles. The molecule has 0 bridgehead atoms. The van der Waals surface area contributed by atoms with Crippen LogP contribution in [0.25, 0.3) is 11.0 Å². The Morgan fingerprint density at radius 2 is 1.94 bits per heavy atom. The van der Waals surface area contributed by atoms with Gasteiger partial charge >= 0.3 is 0 Å². The highest BCUT2D eigenvalue weighted by atomic mass is 16.2. The van der Waals surface area contributed by atoms with Crippen molar-refractivity contribution in [3.63, 3.8) is 0 Å². The van der Waals surface area contributed by atoms with Crippen LogP contribution in [0.5, 0.6) is 0 Å². The summed E-state index contributed by atoms with van der Waals surface area (Å²) in [6.07, 6.45) is 2.89. The number of nitrogens with zero attached hydrogens (tertiary/aromatic N) is 6. The van der Waals surface area contributed by atoms with Crippen LogP contribution in [0.1, 0.15) is 46.1 Å². The molecule has 6 rings (SSSR count). The number of hydrogen-bond donors (Lipinski definition) is 2. The van der Waals surface area contributed by atoms with Gasteiger partial charge in [0.2, 0.25) is 5.95 Å². The van der Waals surface area contributed by atoms with E-state index < -0.39 is 0 Å². The third-order valence-corrected chi connectivity index (χ3v) is 7.35. The lowest BCUT2D eigenvalue weighted by molar-refractivity contribution is 0.0445. The van der Waals surface area contributed by atoms with Crippen molar-refractivity contribution in [2.45, 2.75) is 46.3 Å². The van der Waals surface area contributed by atoms with Gasteiger partial charge in [-0.3, -0.25) is 14.8 Å². The molecule has 0 radical (unpaired) electrons. The Labute approximate surface area is 209 Å². The van der Waals surface area contributed by atoms with E-state index in [0.717, 1.165) is 49.5 Å². The second-order valence-electron chi connectivity index (χ2n) is 10.2. The van der Waals surface area contributed by atoms with Crippen LogP contribution in [0, 0.1) is 19.8 Å². The fourth-order valence-electron chi connectivity index (χ4n) is 5.67. The zero-order chi connectivity index (χ0) is 24.8. The van der Waals surface area contributed by atoms with Gasteiger partial charge in [0.25, 0.3) is 5.91 Å². The zero-order valence-electron chi connectivity index (χ0n) is 20.8. The SMILES string of the molecule is Cc1cc(C)cc(Nc2ncc3c(n2)CN([C@H]2CCN(C(=O)c4ccc5[nH]nnc5c4)C[C@@H]2C)C3)c1. The summed E-state index contributed by atoms with van der Waals surface area (Å²) in [6.45, 7) is 9.56. The monoisotopic (exact) mass is 482 g/mol. The number of benzene rings is 2. The number of carbonyl (C=O) groups excluding carboxylic acids is 1. The molecular weight excluding hydrogens is 452 g/mol. The third kappa shape index (κ3) is 4.30. The molecular formula is C27H30N8O. The van der Waals surface area contributed by atoms with Crippen LogP contribution in [-0.2, 0) is 13.1 Å². The van der Waals surface area contributed by atoms with E-state index in [-0.39, 0.29) is 5.91 Å². The molecule has 2 atom stereocenters. The van der Waals surface area contributed by atoms with Crippen LogP contribution >= 0.6 is 0 Å². The molecule has 4 heterocycles. The molecule has 2 aliphatic rings. The highest BCUT2D eigenvalue weighted by Gasteiger charge is 2.36. The number of piperidine rings is 1. The minimum Gasteiger partial charge on any atom is -0.338 e. The van der Waals surface area contributed by atoms with Crippen LogP contribution < -0.4 is 5.32 Å². The molecule has 2 aromatic carbocycles. The van der Waals surface area contributed by atoms with Gasteiger partial charge in [0.15, 0.2) is 0 Å². The number of aromatic amines is 1. The second-order valence-corrected chi connectivity index (χ2v) is 10.2. The lowest BCUT2D eigenvalue weighted by Gasteiger charge is -2.41. The largest absolute Gasteiger partial charge is 0.338 e. The quantitative estimate of drug-likeness (QED) is 0.454. The van der Waals surface area contributed by atoms with Gasteiger partial charge in [0.1, 0.15) is 5.52 Å². The Morgan fingerprint density at radius 3 is 2.75 bits per heavy atom. The number of aryl methyl sites for hydroxylation is 2. The maximum Gasteiger partial charge on any atom is 0.253 e. The van der Waals surface area contributed by atoms with Crippen molar-refractivity contribution in [3.05, 3.63) is 70.5 Å². The van der Waals surface area contributed by atoms with Crippen molar-refractivity contribution in [2.75, 3.05) is 18.4 Å². The number of fused-ring (bicyclic) bond motifs is 2. The summed E-state index contributed by atoms with van der Waals surface area (Å²) < 4.78 is 0. The van der Waals surface area contributed by atoms with Crippen LogP contribution in [-0.4, -0.2) is 60.2 Å². The van der Waals surface area contributed by atoms with Gasteiger partial charge in [-0.1, -0.05) is 18.2 Å². The predicted octanol–water partition coefficient (Wildman–Crippen LogP) is 3.97. The van der Waals surface area contributed by atoms with Crippen molar-refractivity contribution in [3.8, 4) is 0 Å². The molecule has 9 heteroatoms. The number of rotatable bonds is 4. The molecule has 0 unspecified atom stereocenters. The standard InChI is InChI=1S/C27H30N8O/c1-16-8-17(2)10-21(9-16)29-27-28-12-20-14-35(15-24(20)30-27)25-6-7-34(13-18(25)3)26(36)19-4-5-22-23(11-19)32-33-31-22/h4-5,8-12,18,25H,6-7,13-15H2,1-3H3,(H,28,29,30)(H,31,32,33)/t18-,25-/m0/s1. The van der Waals surface area contributed by atoms with Gasteiger partial charge in [0, 0.05) is 55.2 Å². The Hall–Kier alpha value is -3.85. The average molecular weight is 483 g/mol. The fourth-order valence-corrected chi connectivity index (χ4v) is 5.67. The molecule has 4 aromatic rings. The Bertz CT molecular complexity index is 1430. The fraction of sp³-hybridized carbons (Fsp3) is 0.370. The second kappa shape index (κ2) is 8.98. The summed E-state index contributed by atoms with van der Waals surface area (Å²) in [5.41, 5.74) is 7.92. The zero-order valence-corrected chi connectivity index (χ0v) is 20.8. The van der Waals surface area contributed by atoms with Crippen LogP contribution in [0.4, 0.5) is 11.6 Å². The smallest absolute Gasteiger partial charge is 0.253 e. The predicted molar refractivity (Wildman–Crippen MR) is 138 cm³/mol. The molecule has 2 N–H and O–H groups in total. The number of H-pyrrole nitrogens is 1. The van der Waals surface area contributed by atoms with Gasteiger partial charge in [-0.05, 0) is 67.6 Å². The van der Waals surface area contributed by atoms with Crippen molar-refractivity contribution in [1.82, 2.24) is 35.2 Å². The maximum absolute atomic E-state index is 13.2. The number of aromatic nitrogens is 5. The summed E-state index contributed by atoms with van der Waals surface area (Å²) in [7, 11) is 0. The molecule has 1 saturated heterocycles. The Balaban J connectivity index is 1.11. The molecule has 2 aromatic heterocycles. The number of hydrogen-bond acceptors (Lipinski definition) is 7. The van der Waals surface area contributed by atoms with E-state index in [4.69, 9.17) is 4.98 Å². The lowest BCUT2D eigenvalue weighted by Crippen LogP contribution is -2.50. The topological polar surface area (TPSA) is 103 Å². The van der Waals surface area contributed by atoms with E-state index in [0.29, 0.717) is 29.0 Å². The third-order valence-electron chi connectivity index (χ3n) is 7.35. The first-order valence-corrected chi connectivity index (χ1v) is 12.5. The van der Waals surface area contributed by atoms with Crippen molar-refractivity contribution < 1.29 is 4.79 Å². The molecule has 184 valence electrons. The summed E-state index contributed by atoms with van der Waals surface area (Å²) in [5, 5.41) is 14.1. The van der Waals surface area contributed by atoms with Crippen molar-refractivity contribution >= 4 is 28.6 Å². The number of anilines is 2. The Kier molecular flexibility index (Phi) is 5.64. The maximum atomic E-state index is 13.2. The molecule has 2 aliphatic heterocycles. The minimum absolute atomic E-state index is 0.0582. The Morgan fingerprint density at radius 1 is 1.11 bits per heavy atom. The molecule has 0 saturated carbocycles. The van der Waals surface area contributed by atoms with Crippen LogP contribution in [0.15, 0.2) is 42.6 Å². The van der Waals surface area contributed by atoms with E-state index in [1.54, 1.807) is 0 Å². The van der Waals surface area contributed by atoms with E-state index in [1.807, 2.05) is 29.3 Å². The average Bonchev–Trinajstić information content (AvgIpc) is 3.49. The molecule has 9 nitrogen and oxygen atoms in total. The van der Waals surface area contributed by atoms with Crippen molar-refractivity contribution in [2.24, 2.45) is 5.92 Å². The lowest BCUT2D eigenvalue weighted by atomic mass is 9.92. The summed E-state index contributed by atoms with van der Waals surface area (Å²) in [5.74, 6) is 1.05. The number of likely N-dealkylation sites (tertiary alicyclic amines) is 1. The first-order valence-electron chi connectivity index (χ1n) is 12.5. The first-order chi connectivity index (χ1) is 17.4. The highest BCUT2D eigenvalue weighted by molar-refractivity contribution is 5.97. The molecule has 1 fully saturated rings. The number of carbonyl (C=O) groups is 1. The van der Waals surface area contributed by atoms with Gasteiger partial charge in [-0.2, -0.15) is 0 Å². The van der Waals surface area contributed by atoms with Gasteiger partial charge in [-0.25, -0.2) is 9.97 Å². The first kappa shape index (κ1) is 22.6. The van der Waals surface area contributed by atoms with E-state index in [2.05, 4.69) is 69.6 Å². The number of nitrogens with one attached hydrogen (secondary N) is 2. The van der Waals surface area contributed by atoms with E-state index >= 15 is 0 Å². The van der Waals surface area contributed by atoms with E-state index in [9.17, 15) is 4.79 Å². The molecule has 1 amide bonds. The molecule has 36 heavy (non-hydrogen) atoms. The highest BCUT2D eigenvalue weighted by Crippen LogP contribution is 2.31. The number of amides is 1. The summed E-state index contributed by atoms with van der Waals surface area (Å²) >= 11 is 0. The summed E-state index contributed by atoms with van der Waals surface area (Å²) in [6, 6.07) is 12.3. The summed E-state index contributed by atoms with van der Waals surface area (Å²) in [4.78, 5) is 27.1. The van der Waals surface area contributed by atoms with Gasteiger partial charge < -0.3 is 10.2 Å². The van der Waals surface area contributed by atoms with Crippen molar-refractivity contribution in [1.29, 1.82) is 0 Å². The minimum atomic E-state index is 0.0582. The van der Waals surface area contributed by atoms with Crippen LogP contribution in [0.2, 0.25) is 0 Å². The van der Waals surface area contributed by atoms with E-state index in [1.165, 1.54) is 16.7 Å². The van der Waals surface area contributed by atoms with Gasteiger partial charge in [-0.15, -0.1) is 5.10 Å². The van der Waals surface area contributed by atoms with Gasteiger partial charge in [0.05, 0.1) is 11.2 Å².